The van der Waals surface area contributed by atoms with E-state index in [1.165, 1.54) is 0 Å². The minimum Gasteiger partial charge on any atom is -0.349 e. The van der Waals surface area contributed by atoms with Crippen molar-refractivity contribution in [2.45, 2.75) is 52.3 Å². The molecule has 1 aliphatic carbocycles. The molecule has 0 unspecified atom stereocenters. The molecule has 8 nitrogen and oxygen atoms in total. The Balaban J connectivity index is 1.49. The number of fused-ring (bicyclic) bond motifs is 1. The lowest BCUT2D eigenvalue weighted by Gasteiger charge is -2.11. The molecule has 11 heteroatoms. The second-order valence-electron chi connectivity index (χ2n) is 9.23. The van der Waals surface area contributed by atoms with Crippen molar-refractivity contribution in [2.75, 3.05) is 6.54 Å². The number of aromatic amines is 1. The predicted octanol–water partition coefficient (Wildman–Crippen LogP) is 4.14. The number of H-pyrrole nitrogens is 1. The van der Waals surface area contributed by atoms with E-state index in [2.05, 4.69) is 20.5 Å². The molecule has 3 aromatic heterocycles. The molecule has 3 heterocycles. The molecule has 5 rings (SSSR count). The van der Waals surface area contributed by atoms with Gasteiger partial charge in [-0.25, -0.2) is 4.52 Å². The molecule has 2 N–H and O–H groups in total. The number of benzene rings is 1. The molecule has 0 saturated heterocycles. The molecular formula is C25H25F3N6O2. The number of amides is 1. The summed E-state index contributed by atoms with van der Waals surface area (Å²) in [6.07, 6.45) is -0.975. The Morgan fingerprint density at radius 2 is 1.89 bits per heavy atom. The Hall–Kier alpha value is -3.89. The topological polar surface area (TPSA) is 97.1 Å². The van der Waals surface area contributed by atoms with Gasteiger partial charge in [-0.2, -0.15) is 23.4 Å². The van der Waals surface area contributed by atoms with Crippen LogP contribution in [0, 0.1) is 20.8 Å². The Morgan fingerprint density at radius 3 is 2.56 bits per heavy atom. The zero-order chi connectivity index (χ0) is 25.8. The Kier molecular flexibility index (Phi) is 5.73. The standard InChI is InChI=1S/C25H25F3N6O2/c1-13-4-5-17(12-14(13)2)20-15(3)34-22(24(36)30-20)19(25(26,27)28)21(32-34)23(35)29-9-11-33-10-8-18(31-33)16-6-7-16/h4-5,8,10,12,16H,6-7,9,11H2,1-3H3,(H,29,35)(H,30,36). The van der Waals surface area contributed by atoms with Crippen LogP contribution in [0.3, 0.4) is 0 Å². The van der Waals surface area contributed by atoms with Crippen LogP contribution < -0.4 is 10.9 Å². The van der Waals surface area contributed by atoms with Gasteiger partial charge in [0.2, 0.25) is 0 Å². The maximum Gasteiger partial charge on any atom is 0.421 e. The first-order valence-electron chi connectivity index (χ1n) is 11.7. The number of nitrogens with one attached hydrogen (secondary N) is 2. The van der Waals surface area contributed by atoms with E-state index in [9.17, 15) is 22.8 Å². The fraction of sp³-hybridized carbons (Fsp3) is 0.360. The molecule has 0 bridgehead atoms. The molecule has 1 saturated carbocycles. The highest BCUT2D eigenvalue weighted by Crippen LogP contribution is 2.39. The average Bonchev–Trinajstić information content (AvgIpc) is 3.40. The number of carbonyl (C=O) groups excluding carboxylic acids is 1. The zero-order valence-electron chi connectivity index (χ0n) is 20.0. The maximum absolute atomic E-state index is 14.1. The van der Waals surface area contributed by atoms with Gasteiger partial charge in [-0.3, -0.25) is 14.3 Å². The summed E-state index contributed by atoms with van der Waals surface area (Å²) in [5, 5.41) is 10.9. The quantitative estimate of drug-likeness (QED) is 0.418. The van der Waals surface area contributed by atoms with Crippen LogP contribution in [0.2, 0.25) is 0 Å². The van der Waals surface area contributed by atoms with Crippen LogP contribution in [0.5, 0.6) is 0 Å². The number of hydrogen-bond acceptors (Lipinski definition) is 4. The van der Waals surface area contributed by atoms with Gasteiger partial charge < -0.3 is 10.3 Å². The maximum atomic E-state index is 14.1. The fourth-order valence-corrected chi connectivity index (χ4v) is 4.31. The Bertz CT molecular complexity index is 1540. The number of aromatic nitrogens is 5. The lowest BCUT2D eigenvalue weighted by molar-refractivity contribution is -0.136. The van der Waals surface area contributed by atoms with Crippen LogP contribution in [0.1, 0.15) is 57.3 Å². The lowest BCUT2D eigenvalue weighted by Crippen LogP contribution is -2.29. The van der Waals surface area contributed by atoms with Gasteiger partial charge in [0, 0.05) is 24.2 Å². The number of carbonyl (C=O) groups is 1. The smallest absolute Gasteiger partial charge is 0.349 e. The Labute approximate surface area is 204 Å². The summed E-state index contributed by atoms with van der Waals surface area (Å²) in [7, 11) is 0. The van der Waals surface area contributed by atoms with Gasteiger partial charge >= 0.3 is 6.18 Å². The molecule has 0 atom stereocenters. The van der Waals surface area contributed by atoms with Crippen molar-refractivity contribution in [3.8, 4) is 11.3 Å². The second kappa shape index (κ2) is 8.65. The van der Waals surface area contributed by atoms with Crippen molar-refractivity contribution < 1.29 is 18.0 Å². The van der Waals surface area contributed by atoms with Crippen molar-refractivity contribution in [2.24, 2.45) is 0 Å². The van der Waals surface area contributed by atoms with Gasteiger partial charge in [-0.1, -0.05) is 12.1 Å². The first kappa shape index (κ1) is 23.8. The molecular weight excluding hydrogens is 473 g/mol. The molecule has 0 aliphatic heterocycles. The molecule has 1 aliphatic rings. The number of alkyl halides is 3. The van der Waals surface area contributed by atoms with Crippen molar-refractivity contribution in [3.05, 3.63) is 74.6 Å². The zero-order valence-corrected chi connectivity index (χ0v) is 20.0. The summed E-state index contributed by atoms with van der Waals surface area (Å²) >= 11 is 0. The van der Waals surface area contributed by atoms with E-state index in [0.717, 1.165) is 34.2 Å². The molecule has 4 aromatic rings. The van der Waals surface area contributed by atoms with E-state index in [1.54, 1.807) is 23.9 Å². The Morgan fingerprint density at radius 1 is 1.14 bits per heavy atom. The SMILES string of the molecule is Cc1ccc(-c2[nH]c(=O)c3c(C(F)(F)F)c(C(=O)NCCn4ccc(C5CC5)n4)nn3c2C)cc1C. The lowest BCUT2D eigenvalue weighted by atomic mass is 10.0. The number of halogens is 3. The molecule has 36 heavy (non-hydrogen) atoms. The van der Waals surface area contributed by atoms with Crippen LogP contribution in [-0.4, -0.2) is 36.8 Å². The van der Waals surface area contributed by atoms with Crippen molar-refractivity contribution in [1.82, 2.24) is 29.7 Å². The molecule has 0 spiro atoms. The van der Waals surface area contributed by atoms with Crippen molar-refractivity contribution >= 4 is 11.4 Å². The van der Waals surface area contributed by atoms with E-state index >= 15 is 0 Å². The molecule has 188 valence electrons. The molecule has 0 radical (unpaired) electrons. The summed E-state index contributed by atoms with van der Waals surface area (Å²) in [6, 6.07) is 7.39. The molecule has 1 fully saturated rings. The fourth-order valence-electron chi connectivity index (χ4n) is 4.31. The highest BCUT2D eigenvalue weighted by atomic mass is 19.4. The van der Waals surface area contributed by atoms with Crippen LogP contribution in [0.25, 0.3) is 16.8 Å². The van der Waals surface area contributed by atoms with Crippen LogP contribution >= 0.6 is 0 Å². The summed E-state index contributed by atoms with van der Waals surface area (Å²) in [6.45, 7) is 5.74. The first-order valence-corrected chi connectivity index (χ1v) is 11.7. The third-order valence-corrected chi connectivity index (χ3v) is 6.60. The molecule has 1 amide bonds. The highest BCUT2D eigenvalue weighted by Gasteiger charge is 2.42. The van der Waals surface area contributed by atoms with Crippen LogP contribution in [-0.2, 0) is 12.7 Å². The summed E-state index contributed by atoms with van der Waals surface area (Å²) < 4.78 is 44.8. The van der Waals surface area contributed by atoms with E-state index in [4.69, 9.17) is 0 Å². The third kappa shape index (κ3) is 4.29. The van der Waals surface area contributed by atoms with E-state index in [1.807, 2.05) is 32.0 Å². The minimum atomic E-state index is -4.96. The van der Waals surface area contributed by atoms with Crippen LogP contribution in [0.15, 0.2) is 35.3 Å². The predicted molar refractivity (Wildman–Crippen MR) is 127 cm³/mol. The van der Waals surface area contributed by atoms with Gasteiger partial charge in [0.1, 0.15) is 11.1 Å². The largest absolute Gasteiger partial charge is 0.421 e. The number of nitrogens with zero attached hydrogens (tertiary/aromatic N) is 4. The van der Waals surface area contributed by atoms with Crippen LogP contribution in [0.4, 0.5) is 13.2 Å². The monoisotopic (exact) mass is 498 g/mol. The summed E-state index contributed by atoms with van der Waals surface area (Å²) in [5.74, 6) is -0.532. The van der Waals surface area contributed by atoms with Gasteiger partial charge in [-0.15, -0.1) is 0 Å². The number of aryl methyl sites for hydroxylation is 3. The summed E-state index contributed by atoms with van der Waals surface area (Å²) in [4.78, 5) is 28.3. The van der Waals surface area contributed by atoms with E-state index in [-0.39, 0.29) is 12.2 Å². The van der Waals surface area contributed by atoms with Crippen molar-refractivity contribution in [1.29, 1.82) is 0 Å². The van der Waals surface area contributed by atoms with Gasteiger partial charge in [-0.05, 0) is 56.9 Å². The third-order valence-electron chi connectivity index (χ3n) is 6.60. The number of hydrogen-bond donors (Lipinski definition) is 2. The van der Waals surface area contributed by atoms with Crippen molar-refractivity contribution in [3.63, 3.8) is 0 Å². The molecule has 1 aromatic carbocycles. The first-order chi connectivity index (χ1) is 17.0. The number of rotatable bonds is 6. The van der Waals surface area contributed by atoms with Gasteiger partial charge in [0.05, 0.1) is 23.6 Å². The second-order valence-corrected chi connectivity index (χ2v) is 9.23. The average molecular weight is 499 g/mol. The van der Waals surface area contributed by atoms with E-state index < -0.39 is 34.4 Å². The van der Waals surface area contributed by atoms with Gasteiger partial charge in [0.15, 0.2) is 5.69 Å². The van der Waals surface area contributed by atoms with E-state index in [0.29, 0.717) is 23.7 Å². The van der Waals surface area contributed by atoms with Gasteiger partial charge in [0.25, 0.3) is 11.5 Å². The minimum absolute atomic E-state index is 0.0546. The highest BCUT2D eigenvalue weighted by molar-refractivity contribution is 5.96. The summed E-state index contributed by atoms with van der Waals surface area (Å²) in [5.41, 5.74) is 0.353. The normalized spacial score (nSPS) is 13.9.